The molecule has 2 rings (SSSR count). The highest BCUT2D eigenvalue weighted by molar-refractivity contribution is 5.96. The normalized spacial score (nSPS) is 10.2. The number of hydrogen-bond donors (Lipinski definition) is 4. The predicted molar refractivity (Wildman–Crippen MR) is 66.6 cm³/mol. The molecule has 104 valence electrons. The lowest BCUT2D eigenvalue weighted by molar-refractivity contribution is 0.0660. The molecular weight excluding hydrogens is 266 g/mol. The van der Waals surface area contributed by atoms with Crippen LogP contribution >= 0.6 is 0 Å². The zero-order valence-electron chi connectivity index (χ0n) is 10.2. The lowest BCUT2D eigenvalue weighted by Crippen LogP contribution is -2.22. The molecule has 20 heavy (non-hydrogen) atoms. The van der Waals surface area contributed by atoms with Crippen molar-refractivity contribution in [1.82, 2.24) is 5.32 Å². The van der Waals surface area contributed by atoms with E-state index in [1.807, 2.05) is 0 Å². The Morgan fingerprint density at radius 3 is 2.50 bits per heavy atom. The topological polar surface area (TPSA) is 120 Å². The molecule has 0 spiro atoms. The maximum Gasteiger partial charge on any atom is 0.371 e. The van der Waals surface area contributed by atoms with E-state index >= 15 is 0 Å². The number of hydrogen-bond acceptors (Lipinski definition) is 5. The first kappa shape index (κ1) is 13.5. The molecule has 2 aromatic rings. The van der Waals surface area contributed by atoms with Gasteiger partial charge in [-0.05, 0) is 24.3 Å². The van der Waals surface area contributed by atoms with Crippen molar-refractivity contribution >= 4 is 11.9 Å². The van der Waals surface area contributed by atoms with E-state index in [9.17, 15) is 14.7 Å². The molecule has 1 heterocycles. The lowest BCUT2D eigenvalue weighted by atomic mass is 10.2. The molecule has 0 radical (unpaired) electrons. The summed E-state index contributed by atoms with van der Waals surface area (Å²) in [6.45, 7) is -0.0214. The smallest absolute Gasteiger partial charge is 0.371 e. The van der Waals surface area contributed by atoms with Gasteiger partial charge in [0.15, 0.2) is 0 Å². The number of carbonyl (C=O) groups excluding carboxylic acids is 1. The molecule has 1 aromatic carbocycles. The van der Waals surface area contributed by atoms with Crippen LogP contribution in [-0.2, 0) is 6.54 Å². The number of aromatic hydroxyl groups is 2. The second-order valence-corrected chi connectivity index (χ2v) is 3.96. The Morgan fingerprint density at radius 2 is 1.90 bits per heavy atom. The van der Waals surface area contributed by atoms with Gasteiger partial charge >= 0.3 is 5.97 Å². The second kappa shape index (κ2) is 5.35. The number of carboxylic acids is 1. The molecule has 0 aliphatic carbocycles. The number of furan rings is 1. The summed E-state index contributed by atoms with van der Waals surface area (Å²) in [6, 6.07) is 6.29. The van der Waals surface area contributed by atoms with E-state index in [2.05, 4.69) is 5.32 Å². The van der Waals surface area contributed by atoms with Crippen LogP contribution in [0.3, 0.4) is 0 Å². The third kappa shape index (κ3) is 2.89. The van der Waals surface area contributed by atoms with E-state index in [0.29, 0.717) is 0 Å². The monoisotopic (exact) mass is 277 g/mol. The van der Waals surface area contributed by atoms with E-state index in [1.165, 1.54) is 24.3 Å². The molecule has 1 amide bonds. The van der Waals surface area contributed by atoms with E-state index in [1.54, 1.807) is 0 Å². The Labute approximate surface area is 113 Å². The largest absolute Gasteiger partial charge is 0.508 e. The van der Waals surface area contributed by atoms with Crippen molar-refractivity contribution in [2.24, 2.45) is 0 Å². The number of benzene rings is 1. The SMILES string of the molecule is O=C(O)c1ccc(CNC(=O)c2ccc(O)cc2O)o1. The van der Waals surface area contributed by atoms with E-state index in [-0.39, 0.29) is 35.1 Å². The predicted octanol–water partition coefficient (Wildman–Crippen LogP) is 1.32. The number of aromatic carboxylic acids is 1. The number of phenolic OH excluding ortho intramolecular Hbond substituents is 2. The zero-order chi connectivity index (χ0) is 14.7. The zero-order valence-corrected chi connectivity index (χ0v) is 10.2. The van der Waals surface area contributed by atoms with Crippen LogP contribution < -0.4 is 5.32 Å². The molecule has 0 fully saturated rings. The molecule has 0 bridgehead atoms. The first-order valence-corrected chi connectivity index (χ1v) is 5.59. The summed E-state index contributed by atoms with van der Waals surface area (Å²) < 4.78 is 4.96. The van der Waals surface area contributed by atoms with Gasteiger partial charge in [-0.2, -0.15) is 0 Å². The van der Waals surface area contributed by atoms with Gasteiger partial charge in [0.05, 0.1) is 12.1 Å². The van der Waals surface area contributed by atoms with Crippen molar-refractivity contribution in [3.63, 3.8) is 0 Å². The van der Waals surface area contributed by atoms with Gasteiger partial charge in [-0.15, -0.1) is 0 Å². The summed E-state index contributed by atoms with van der Waals surface area (Å²) in [6.07, 6.45) is 0. The molecule has 0 aliphatic heterocycles. The first-order valence-electron chi connectivity index (χ1n) is 5.59. The number of rotatable bonds is 4. The molecule has 7 heteroatoms. The maximum absolute atomic E-state index is 11.8. The van der Waals surface area contributed by atoms with Crippen LogP contribution in [-0.4, -0.2) is 27.2 Å². The van der Waals surface area contributed by atoms with Crippen molar-refractivity contribution in [3.8, 4) is 11.5 Å². The number of phenols is 2. The highest BCUT2D eigenvalue weighted by Crippen LogP contribution is 2.22. The summed E-state index contributed by atoms with van der Waals surface area (Å²) in [4.78, 5) is 22.4. The number of amides is 1. The van der Waals surface area contributed by atoms with E-state index in [0.717, 1.165) is 6.07 Å². The summed E-state index contributed by atoms with van der Waals surface area (Å²) in [5.74, 6) is -2.23. The summed E-state index contributed by atoms with van der Waals surface area (Å²) >= 11 is 0. The molecule has 7 nitrogen and oxygen atoms in total. The molecule has 0 atom stereocenters. The standard InChI is InChI=1S/C13H11NO6/c15-7-1-3-9(10(16)5-7)12(17)14-6-8-2-4-11(20-8)13(18)19/h1-5,15-16H,6H2,(H,14,17)(H,18,19). The van der Waals surface area contributed by atoms with Crippen molar-refractivity contribution < 1.29 is 29.3 Å². The molecule has 0 saturated carbocycles. The van der Waals surface area contributed by atoms with Crippen LogP contribution in [0.4, 0.5) is 0 Å². The van der Waals surface area contributed by atoms with Crippen molar-refractivity contribution in [3.05, 3.63) is 47.4 Å². The van der Waals surface area contributed by atoms with E-state index < -0.39 is 11.9 Å². The van der Waals surface area contributed by atoms with Crippen LogP contribution in [0.1, 0.15) is 26.7 Å². The highest BCUT2D eigenvalue weighted by atomic mass is 16.4. The third-order valence-electron chi connectivity index (χ3n) is 2.52. The summed E-state index contributed by atoms with van der Waals surface area (Å²) in [5, 5.41) is 29.8. The van der Waals surface area contributed by atoms with Crippen LogP contribution in [0, 0.1) is 0 Å². The van der Waals surface area contributed by atoms with Gasteiger partial charge in [0, 0.05) is 6.07 Å². The quantitative estimate of drug-likeness (QED) is 0.669. The minimum absolute atomic E-state index is 0.00665. The van der Waals surface area contributed by atoms with Crippen LogP contribution in [0.25, 0.3) is 0 Å². The molecule has 0 aliphatic rings. The van der Waals surface area contributed by atoms with Gasteiger partial charge in [-0.1, -0.05) is 0 Å². The van der Waals surface area contributed by atoms with Crippen molar-refractivity contribution in [1.29, 1.82) is 0 Å². The fourth-order valence-electron chi connectivity index (χ4n) is 1.56. The van der Waals surface area contributed by atoms with Gasteiger partial charge in [-0.3, -0.25) is 4.79 Å². The van der Waals surface area contributed by atoms with Gasteiger partial charge < -0.3 is 25.1 Å². The summed E-state index contributed by atoms with van der Waals surface area (Å²) in [5.41, 5.74) is -0.00665. The Morgan fingerprint density at radius 1 is 1.15 bits per heavy atom. The molecular formula is C13H11NO6. The lowest BCUT2D eigenvalue weighted by Gasteiger charge is -2.05. The van der Waals surface area contributed by atoms with E-state index in [4.69, 9.17) is 14.6 Å². The number of nitrogens with one attached hydrogen (secondary N) is 1. The fraction of sp³-hybridized carbons (Fsp3) is 0.0769. The van der Waals surface area contributed by atoms with Crippen LogP contribution in [0.15, 0.2) is 34.7 Å². The minimum Gasteiger partial charge on any atom is -0.508 e. The average Bonchev–Trinajstić information content (AvgIpc) is 2.85. The first-order chi connectivity index (χ1) is 9.47. The average molecular weight is 277 g/mol. The Balaban J connectivity index is 2.02. The minimum atomic E-state index is -1.20. The van der Waals surface area contributed by atoms with Crippen LogP contribution in [0.2, 0.25) is 0 Å². The molecule has 0 saturated heterocycles. The Kier molecular flexibility index (Phi) is 3.60. The maximum atomic E-state index is 11.8. The molecule has 4 N–H and O–H groups in total. The third-order valence-corrected chi connectivity index (χ3v) is 2.52. The van der Waals surface area contributed by atoms with Crippen LogP contribution in [0.5, 0.6) is 11.5 Å². The summed E-state index contributed by atoms with van der Waals surface area (Å²) in [7, 11) is 0. The fourth-order valence-corrected chi connectivity index (χ4v) is 1.56. The van der Waals surface area contributed by atoms with Crippen molar-refractivity contribution in [2.45, 2.75) is 6.54 Å². The highest BCUT2D eigenvalue weighted by Gasteiger charge is 2.13. The second-order valence-electron chi connectivity index (χ2n) is 3.96. The number of carbonyl (C=O) groups is 2. The van der Waals surface area contributed by atoms with Gasteiger partial charge in [0.1, 0.15) is 17.3 Å². The van der Waals surface area contributed by atoms with Gasteiger partial charge in [0.25, 0.3) is 5.91 Å². The Bertz CT molecular complexity index is 661. The van der Waals surface area contributed by atoms with Crippen molar-refractivity contribution in [2.75, 3.05) is 0 Å². The van der Waals surface area contributed by atoms with Gasteiger partial charge in [-0.25, -0.2) is 4.79 Å². The number of carboxylic acid groups (broad SMARTS) is 1. The molecule has 0 unspecified atom stereocenters. The molecule has 1 aromatic heterocycles. The van der Waals surface area contributed by atoms with Gasteiger partial charge in [0.2, 0.25) is 5.76 Å². The Hall–Kier alpha value is -2.96.